The molecule has 3 N–H and O–H groups in total. The zero-order valence-corrected chi connectivity index (χ0v) is 12.2. The second-order valence-corrected chi connectivity index (χ2v) is 6.17. The quantitative estimate of drug-likeness (QED) is 0.722. The Morgan fingerprint density at radius 3 is 2.86 bits per heavy atom. The molecule has 3 rings (SSSR count). The summed E-state index contributed by atoms with van der Waals surface area (Å²) < 4.78 is 0. The van der Waals surface area contributed by atoms with E-state index in [4.69, 9.17) is 0 Å². The van der Waals surface area contributed by atoms with Crippen LogP contribution in [-0.2, 0) is 20.8 Å². The van der Waals surface area contributed by atoms with E-state index in [9.17, 15) is 14.4 Å². The molecule has 1 aromatic rings. The van der Waals surface area contributed by atoms with Crippen LogP contribution in [-0.4, -0.2) is 34.8 Å². The van der Waals surface area contributed by atoms with E-state index in [1.165, 1.54) is 11.3 Å². The molecule has 7 nitrogen and oxygen atoms in total. The van der Waals surface area contributed by atoms with Crippen molar-refractivity contribution in [3.63, 3.8) is 0 Å². The molecule has 1 saturated carbocycles. The largest absolute Gasteiger partial charge is 0.353 e. The Balaban J connectivity index is 1.51. The summed E-state index contributed by atoms with van der Waals surface area (Å²) in [5, 5.41) is 10.4. The van der Waals surface area contributed by atoms with Crippen LogP contribution in [0.1, 0.15) is 31.4 Å². The Morgan fingerprint density at radius 1 is 1.38 bits per heavy atom. The minimum absolute atomic E-state index is 0.0382. The van der Waals surface area contributed by atoms with E-state index in [0.717, 1.165) is 12.8 Å². The fourth-order valence-electron chi connectivity index (χ4n) is 2.12. The van der Waals surface area contributed by atoms with Gasteiger partial charge in [-0.3, -0.25) is 14.4 Å². The molecule has 2 aliphatic rings. The molecule has 112 valence electrons. The predicted molar refractivity (Wildman–Crippen MR) is 76.8 cm³/mol. The Kier molecular flexibility index (Phi) is 3.87. The number of anilines is 1. The maximum Gasteiger partial charge on any atom is 0.248 e. The first-order valence-corrected chi connectivity index (χ1v) is 7.82. The standard InChI is InChI=1S/C13H16N4O3S/c18-10-4-3-9(16-10)12(20)17-13-15-8(6-21-13)5-11(19)14-7-1-2-7/h6-7,9H,1-5H2,(H,14,19)(H,16,18)(H,15,17,20). The number of amides is 3. The summed E-state index contributed by atoms with van der Waals surface area (Å²) in [4.78, 5) is 38.9. The second kappa shape index (κ2) is 5.80. The van der Waals surface area contributed by atoms with Crippen molar-refractivity contribution in [2.75, 3.05) is 5.32 Å². The molecule has 1 saturated heterocycles. The van der Waals surface area contributed by atoms with Gasteiger partial charge in [0.1, 0.15) is 6.04 Å². The van der Waals surface area contributed by atoms with E-state index in [1.807, 2.05) is 0 Å². The van der Waals surface area contributed by atoms with Crippen molar-refractivity contribution < 1.29 is 14.4 Å². The molecule has 0 radical (unpaired) electrons. The van der Waals surface area contributed by atoms with Gasteiger partial charge in [0.2, 0.25) is 17.7 Å². The summed E-state index contributed by atoms with van der Waals surface area (Å²) in [5.74, 6) is -0.403. The van der Waals surface area contributed by atoms with Crippen molar-refractivity contribution in [1.29, 1.82) is 0 Å². The first kappa shape index (κ1) is 14.0. The normalized spacial score (nSPS) is 21.0. The van der Waals surface area contributed by atoms with E-state index >= 15 is 0 Å². The Morgan fingerprint density at radius 2 is 2.19 bits per heavy atom. The van der Waals surface area contributed by atoms with Crippen molar-refractivity contribution >= 4 is 34.2 Å². The molecule has 0 spiro atoms. The molecule has 1 aliphatic heterocycles. The van der Waals surface area contributed by atoms with Crippen molar-refractivity contribution in [2.24, 2.45) is 0 Å². The lowest BCUT2D eigenvalue weighted by atomic mass is 10.2. The number of hydrogen-bond acceptors (Lipinski definition) is 5. The molecule has 1 unspecified atom stereocenters. The fourth-order valence-corrected chi connectivity index (χ4v) is 2.83. The van der Waals surface area contributed by atoms with Gasteiger partial charge in [0.15, 0.2) is 5.13 Å². The lowest BCUT2D eigenvalue weighted by molar-refractivity contribution is -0.122. The summed E-state index contributed by atoms with van der Waals surface area (Å²) in [6, 6.07) is -0.149. The molecule has 0 bridgehead atoms. The van der Waals surface area contributed by atoms with Gasteiger partial charge in [0.05, 0.1) is 12.1 Å². The van der Waals surface area contributed by atoms with Crippen molar-refractivity contribution in [3.8, 4) is 0 Å². The van der Waals surface area contributed by atoms with Crippen LogP contribution in [0, 0.1) is 0 Å². The SMILES string of the molecule is O=C(Cc1csc(NC(=O)C2CCC(=O)N2)n1)NC1CC1. The van der Waals surface area contributed by atoms with Crippen LogP contribution in [0.15, 0.2) is 5.38 Å². The van der Waals surface area contributed by atoms with Crippen LogP contribution in [0.25, 0.3) is 0 Å². The third-order valence-electron chi connectivity index (χ3n) is 3.38. The Labute approximate surface area is 125 Å². The maximum atomic E-state index is 11.9. The minimum Gasteiger partial charge on any atom is -0.353 e. The second-order valence-electron chi connectivity index (χ2n) is 5.31. The highest BCUT2D eigenvalue weighted by Crippen LogP contribution is 2.20. The highest BCUT2D eigenvalue weighted by molar-refractivity contribution is 7.13. The van der Waals surface area contributed by atoms with Gasteiger partial charge in [0.25, 0.3) is 0 Å². The highest BCUT2D eigenvalue weighted by atomic mass is 32.1. The van der Waals surface area contributed by atoms with Crippen LogP contribution in [0.2, 0.25) is 0 Å². The first-order valence-electron chi connectivity index (χ1n) is 6.94. The van der Waals surface area contributed by atoms with E-state index in [-0.39, 0.29) is 24.1 Å². The zero-order valence-electron chi connectivity index (χ0n) is 11.3. The molecule has 2 fully saturated rings. The molecule has 2 heterocycles. The van der Waals surface area contributed by atoms with E-state index in [0.29, 0.717) is 29.7 Å². The summed E-state index contributed by atoms with van der Waals surface area (Å²) >= 11 is 1.28. The predicted octanol–water partition coefficient (Wildman–Crippen LogP) is 0.181. The van der Waals surface area contributed by atoms with E-state index in [1.54, 1.807) is 5.38 Å². The van der Waals surface area contributed by atoms with Crippen molar-refractivity contribution in [3.05, 3.63) is 11.1 Å². The number of nitrogens with zero attached hydrogens (tertiary/aromatic N) is 1. The summed E-state index contributed by atoms with van der Waals surface area (Å²) in [6.07, 6.45) is 3.21. The molecule has 8 heteroatoms. The summed E-state index contributed by atoms with van der Waals surface area (Å²) in [6.45, 7) is 0. The van der Waals surface area contributed by atoms with Gasteiger partial charge >= 0.3 is 0 Å². The topological polar surface area (TPSA) is 100 Å². The molecule has 0 aromatic carbocycles. The van der Waals surface area contributed by atoms with Gasteiger partial charge in [-0.15, -0.1) is 11.3 Å². The third kappa shape index (κ3) is 3.78. The molecule has 1 aromatic heterocycles. The summed E-state index contributed by atoms with van der Waals surface area (Å²) in [5.41, 5.74) is 0.643. The lowest BCUT2D eigenvalue weighted by Gasteiger charge is -2.08. The molecular formula is C13H16N4O3S. The molecular weight excluding hydrogens is 292 g/mol. The number of carbonyl (C=O) groups excluding carboxylic acids is 3. The summed E-state index contributed by atoms with van der Waals surface area (Å²) in [7, 11) is 0. The Bertz CT molecular complexity index is 582. The van der Waals surface area contributed by atoms with Crippen LogP contribution in [0.3, 0.4) is 0 Å². The lowest BCUT2D eigenvalue weighted by Crippen LogP contribution is -2.37. The van der Waals surface area contributed by atoms with Crippen LogP contribution < -0.4 is 16.0 Å². The number of nitrogens with one attached hydrogen (secondary N) is 3. The van der Waals surface area contributed by atoms with E-state index < -0.39 is 6.04 Å². The number of aromatic nitrogens is 1. The van der Waals surface area contributed by atoms with Crippen molar-refractivity contribution in [2.45, 2.75) is 44.2 Å². The maximum absolute atomic E-state index is 11.9. The van der Waals surface area contributed by atoms with Gasteiger partial charge in [-0.05, 0) is 19.3 Å². The fraction of sp³-hybridized carbons (Fsp3) is 0.538. The first-order chi connectivity index (χ1) is 10.1. The Hall–Kier alpha value is -1.96. The van der Waals surface area contributed by atoms with Gasteiger partial charge in [-0.25, -0.2) is 4.98 Å². The van der Waals surface area contributed by atoms with Gasteiger partial charge in [-0.2, -0.15) is 0 Å². The van der Waals surface area contributed by atoms with Crippen molar-refractivity contribution in [1.82, 2.24) is 15.6 Å². The van der Waals surface area contributed by atoms with Gasteiger partial charge in [0, 0.05) is 17.8 Å². The highest BCUT2D eigenvalue weighted by Gasteiger charge is 2.28. The number of rotatable bonds is 5. The average Bonchev–Trinajstić information content (AvgIpc) is 2.95. The number of thiazole rings is 1. The van der Waals surface area contributed by atoms with Gasteiger partial charge in [-0.1, -0.05) is 0 Å². The minimum atomic E-state index is -0.483. The number of carbonyl (C=O) groups is 3. The molecule has 3 amide bonds. The van der Waals surface area contributed by atoms with Crippen LogP contribution in [0.4, 0.5) is 5.13 Å². The van der Waals surface area contributed by atoms with Crippen LogP contribution in [0.5, 0.6) is 0 Å². The number of hydrogen-bond donors (Lipinski definition) is 3. The van der Waals surface area contributed by atoms with Crippen LogP contribution >= 0.6 is 11.3 Å². The molecule has 1 atom stereocenters. The average molecular weight is 308 g/mol. The smallest absolute Gasteiger partial charge is 0.248 e. The third-order valence-corrected chi connectivity index (χ3v) is 4.18. The molecule has 1 aliphatic carbocycles. The van der Waals surface area contributed by atoms with Gasteiger partial charge < -0.3 is 16.0 Å². The monoisotopic (exact) mass is 308 g/mol. The molecule has 21 heavy (non-hydrogen) atoms. The zero-order chi connectivity index (χ0) is 14.8. The van der Waals surface area contributed by atoms with E-state index in [2.05, 4.69) is 20.9 Å².